The number of methoxy groups -OCH3 is 3. The predicted molar refractivity (Wildman–Crippen MR) is 72.1 cm³/mol. The molecule has 0 aliphatic heterocycles. The van der Waals surface area contributed by atoms with Gasteiger partial charge in [0.1, 0.15) is 5.75 Å². The van der Waals surface area contributed by atoms with Gasteiger partial charge in [-0.05, 0) is 6.92 Å². The molecule has 106 valence electrons. The number of amides is 1. The van der Waals surface area contributed by atoms with Gasteiger partial charge in [0, 0.05) is 24.7 Å². The van der Waals surface area contributed by atoms with Crippen molar-refractivity contribution in [2.45, 2.75) is 13.0 Å². The first-order valence-electron chi connectivity index (χ1n) is 5.88. The van der Waals surface area contributed by atoms with E-state index < -0.39 is 0 Å². The molecule has 1 amide bonds. The number of nitrogens with one attached hydrogen (secondary N) is 1. The average molecular weight is 268 g/mol. The summed E-state index contributed by atoms with van der Waals surface area (Å²) in [6, 6.07) is 3.07. The lowest BCUT2D eigenvalue weighted by molar-refractivity contribution is 0.0937. The molecule has 0 bridgehead atoms. The standard InChI is InChI=1S/C13H20N2O4/c1-8(7-14)15-13(16)9-5-11(18-3)12(19-4)6-10(9)17-2/h5-6,8H,7,14H2,1-4H3,(H,15,16). The molecule has 1 aromatic rings. The van der Waals surface area contributed by atoms with Crippen molar-refractivity contribution in [1.29, 1.82) is 0 Å². The summed E-state index contributed by atoms with van der Waals surface area (Å²) in [7, 11) is 4.52. The molecule has 19 heavy (non-hydrogen) atoms. The molecule has 3 N–H and O–H groups in total. The van der Waals surface area contributed by atoms with Gasteiger partial charge in [-0.2, -0.15) is 0 Å². The van der Waals surface area contributed by atoms with Gasteiger partial charge in [0.15, 0.2) is 11.5 Å². The number of ether oxygens (including phenoxy) is 3. The molecule has 1 atom stereocenters. The molecular weight excluding hydrogens is 248 g/mol. The van der Waals surface area contributed by atoms with Gasteiger partial charge in [-0.1, -0.05) is 0 Å². The third kappa shape index (κ3) is 3.51. The van der Waals surface area contributed by atoms with Crippen molar-refractivity contribution < 1.29 is 19.0 Å². The van der Waals surface area contributed by atoms with E-state index in [2.05, 4.69) is 5.32 Å². The van der Waals surface area contributed by atoms with Crippen molar-refractivity contribution in [2.75, 3.05) is 27.9 Å². The van der Waals surface area contributed by atoms with Crippen LogP contribution in [0.25, 0.3) is 0 Å². The highest BCUT2D eigenvalue weighted by atomic mass is 16.5. The quantitative estimate of drug-likeness (QED) is 0.797. The molecule has 0 radical (unpaired) electrons. The van der Waals surface area contributed by atoms with Crippen LogP contribution in [-0.4, -0.2) is 39.8 Å². The van der Waals surface area contributed by atoms with Gasteiger partial charge in [0.2, 0.25) is 0 Å². The van der Waals surface area contributed by atoms with Crippen molar-refractivity contribution in [3.8, 4) is 17.2 Å². The van der Waals surface area contributed by atoms with Gasteiger partial charge >= 0.3 is 0 Å². The normalized spacial score (nSPS) is 11.6. The minimum Gasteiger partial charge on any atom is -0.496 e. The van der Waals surface area contributed by atoms with Gasteiger partial charge in [0.05, 0.1) is 26.9 Å². The SMILES string of the molecule is COc1cc(OC)c(C(=O)NC(C)CN)cc1OC. The Morgan fingerprint density at radius 1 is 1.16 bits per heavy atom. The molecule has 0 saturated carbocycles. The van der Waals surface area contributed by atoms with Crippen molar-refractivity contribution in [3.05, 3.63) is 17.7 Å². The second-order valence-corrected chi connectivity index (χ2v) is 4.02. The molecular formula is C13H20N2O4. The van der Waals surface area contributed by atoms with Crippen LogP contribution in [0, 0.1) is 0 Å². The van der Waals surface area contributed by atoms with Crippen LogP contribution >= 0.6 is 0 Å². The lowest BCUT2D eigenvalue weighted by Gasteiger charge is -2.16. The van der Waals surface area contributed by atoms with Crippen molar-refractivity contribution >= 4 is 5.91 Å². The van der Waals surface area contributed by atoms with E-state index in [0.29, 0.717) is 29.4 Å². The van der Waals surface area contributed by atoms with Gasteiger partial charge in [-0.15, -0.1) is 0 Å². The van der Waals surface area contributed by atoms with Gasteiger partial charge < -0.3 is 25.3 Å². The van der Waals surface area contributed by atoms with E-state index in [4.69, 9.17) is 19.9 Å². The second-order valence-electron chi connectivity index (χ2n) is 4.02. The summed E-state index contributed by atoms with van der Waals surface area (Å²) >= 11 is 0. The highest BCUT2D eigenvalue weighted by Crippen LogP contribution is 2.34. The largest absolute Gasteiger partial charge is 0.496 e. The molecule has 1 rings (SSSR count). The Morgan fingerprint density at radius 2 is 1.68 bits per heavy atom. The van der Waals surface area contributed by atoms with Crippen LogP contribution in [-0.2, 0) is 0 Å². The fraction of sp³-hybridized carbons (Fsp3) is 0.462. The first-order chi connectivity index (χ1) is 9.07. The molecule has 0 fully saturated rings. The topological polar surface area (TPSA) is 82.8 Å². The number of carbonyl (C=O) groups excluding carboxylic acids is 1. The van der Waals surface area contributed by atoms with Crippen LogP contribution in [0.15, 0.2) is 12.1 Å². The third-order valence-corrected chi connectivity index (χ3v) is 2.68. The Hall–Kier alpha value is -1.95. The predicted octanol–water partition coefficient (Wildman–Crippen LogP) is 0.789. The van der Waals surface area contributed by atoms with Crippen molar-refractivity contribution in [3.63, 3.8) is 0 Å². The van der Waals surface area contributed by atoms with E-state index in [0.717, 1.165) is 0 Å². The highest BCUT2D eigenvalue weighted by Gasteiger charge is 2.18. The summed E-state index contributed by atoms with van der Waals surface area (Å²) in [5.74, 6) is 1.12. The number of nitrogens with two attached hydrogens (primary N) is 1. The summed E-state index contributed by atoms with van der Waals surface area (Å²) in [5, 5.41) is 2.77. The highest BCUT2D eigenvalue weighted by molar-refractivity contribution is 5.98. The number of rotatable bonds is 6. The molecule has 6 heteroatoms. The Bertz CT molecular complexity index is 449. The molecule has 0 heterocycles. The van der Waals surface area contributed by atoms with Gasteiger partial charge in [-0.3, -0.25) is 4.79 Å². The van der Waals surface area contributed by atoms with Gasteiger partial charge in [-0.25, -0.2) is 0 Å². The van der Waals surface area contributed by atoms with Gasteiger partial charge in [0.25, 0.3) is 5.91 Å². The van der Waals surface area contributed by atoms with Crippen LogP contribution < -0.4 is 25.3 Å². The molecule has 6 nitrogen and oxygen atoms in total. The molecule has 0 saturated heterocycles. The van der Waals surface area contributed by atoms with E-state index in [-0.39, 0.29) is 11.9 Å². The summed E-state index contributed by atoms with van der Waals surface area (Å²) in [5.41, 5.74) is 5.86. The summed E-state index contributed by atoms with van der Waals surface area (Å²) in [4.78, 5) is 12.1. The Morgan fingerprint density at radius 3 is 2.16 bits per heavy atom. The molecule has 0 aliphatic carbocycles. The fourth-order valence-electron chi connectivity index (χ4n) is 1.57. The lowest BCUT2D eigenvalue weighted by atomic mass is 10.1. The van der Waals surface area contributed by atoms with Crippen LogP contribution in [0.2, 0.25) is 0 Å². The molecule has 1 aromatic carbocycles. The van der Waals surface area contributed by atoms with Crippen LogP contribution in [0.4, 0.5) is 0 Å². The van der Waals surface area contributed by atoms with Crippen molar-refractivity contribution in [2.24, 2.45) is 5.73 Å². The summed E-state index contributed by atoms with van der Waals surface area (Å²) < 4.78 is 15.5. The van der Waals surface area contributed by atoms with Crippen LogP contribution in [0.3, 0.4) is 0 Å². The first-order valence-corrected chi connectivity index (χ1v) is 5.88. The maximum atomic E-state index is 12.1. The molecule has 1 unspecified atom stereocenters. The zero-order valence-corrected chi connectivity index (χ0v) is 11.6. The maximum absolute atomic E-state index is 12.1. The third-order valence-electron chi connectivity index (χ3n) is 2.68. The van der Waals surface area contributed by atoms with E-state index in [1.54, 1.807) is 12.1 Å². The Labute approximate surface area is 112 Å². The molecule has 0 spiro atoms. The Kier molecular flexibility index (Phi) is 5.44. The number of hydrogen-bond acceptors (Lipinski definition) is 5. The number of carbonyl (C=O) groups is 1. The molecule has 0 aliphatic rings. The second kappa shape index (κ2) is 6.84. The minimum absolute atomic E-state index is 0.120. The lowest BCUT2D eigenvalue weighted by Crippen LogP contribution is -2.37. The smallest absolute Gasteiger partial charge is 0.255 e. The zero-order chi connectivity index (χ0) is 14.4. The Balaban J connectivity index is 3.14. The summed E-state index contributed by atoms with van der Waals surface area (Å²) in [6.45, 7) is 2.19. The maximum Gasteiger partial charge on any atom is 0.255 e. The van der Waals surface area contributed by atoms with E-state index in [1.807, 2.05) is 6.92 Å². The van der Waals surface area contributed by atoms with Crippen LogP contribution in [0.1, 0.15) is 17.3 Å². The number of benzene rings is 1. The summed E-state index contributed by atoms with van der Waals surface area (Å²) in [6.07, 6.45) is 0. The fourth-order valence-corrected chi connectivity index (χ4v) is 1.57. The van der Waals surface area contributed by atoms with E-state index in [9.17, 15) is 4.79 Å². The average Bonchev–Trinajstić information content (AvgIpc) is 2.45. The zero-order valence-electron chi connectivity index (χ0n) is 11.6. The van der Waals surface area contributed by atoms with Crippen molar-refractivity contribution in [1.82, 2.24) is 5.32 Å². The van der Waals surface area contributed by atoms with E-state index >= 15 is 0 Å². The minimum atomic E-state index is -0.268. The monoisotopic (exact) mass is 268 g/mol. The van der Waals surface area contributed by atoms with Crippen LogP contribution in [0.5, 0.6) is 17.2 Å². The first kappa shape index (κ1) is 15.1. The molecule has 0 aromatic heterocycles. The van der Waals surface area contributed by atoms with E-state index in [1.165, 1.54) is 21.3 Å². The number of hydrogen-bond donors (Lipinski definition) is 2.